The van der Waals surface area contributed by atoms with Gasteiger partial charge in [-0.2, -0.15) is 5.26 Å². The lowest BCUT2D eigenvalue weighted by molar-refractivity contribution is 0.0915. The first-order valence-corrected chi connectivity index (χ1v) is 7.48. The summed E-state index contributed by atoms with van der Waals surface area (Å²) in [6.45, 7) is 2.12. The number of rotatable bonds is 3. The Morgan fingerprint density at radius 2 is 2.25 bits per heavy atom. The Kier molecular flexibility index (Phi) is 3.48. The Morgan fingerprint density at radius 1 is 1.40 bits per heavy atom. The SMILES string of the molecule is CC(NC(=O)c1cccc(C#N)c1)C1CC2CCC1C2. The predicted molar refractivity (Wildman–Crippen MR) is 77.0 cm³/mol. The van der Waals surface area contributed by atoms with Gasteiger partial charge in [-0.3, -0.25) is 4.79 Å². The number of carbonyl (C=O) groups is 1. The second-order valence-electron chi connectivity index (χ2n) is 6.29. The monoisotopic (exact) mass is 268 g/mol. The number of nitrogens with zero attached hydrogens (tertiary/aromatic N) is 1. The Morgan fingerprint density at radius 3 is 2.90 bits per heavy atom. The number of hydrogen-bond acceptors (Lipinski definition) is 2. The third kappa shape index (κ3) is 2.43. The molecule has 4 unspecified atom stereocenters. The second kappa shape index (κ2) is 5.28. The molecule has 20 heavy (non-hydrogen) atoms. The summed E-state index contributed by atoms with van der Waals surface area (Å²) >= 11 is 0. The minimum atomic E-state index is -0.0580. The number of carbonyl (C=O) groups excluding carboxylic acids is 1. The van der Waals surface area contributed by atoms with E-state index in [4.69, 9.17) is 5.26 Å². The molecule has 3 nitrogen and oxygen atoms in total. The molecule has 1 amide bonds. The van der Waals surface area contributed by atoms with Crippen LogP contribution in [0.1, 0.15) is 48.5 Å². The summed E-state index contributed by atoms with van der Waals surface area (Å²) in [4.78, 5) is 12.3. The zero-order chi connectivity index (χ0) is 14.1. The van der Waals surface area contributed by atoms with Gasteiger partial charge in [0.1, 0.15) is 0 Å². The number of fused-ring (bicyclic) bond motifs is 2. The standard InChI is InChI=1S/C17H20N2O/c1-11(16-9-12-5-6-14(16)7-12)19-17(20)15-4-2-3-13(8-15)10-18/h2-4,8,11-12,14,16H,5-7,9H2,1H3,(H,19,20). The van der Waals surface area contributed by atoms with Crippen LogP contribution >= 0.6 is 0 Å². The van der Waals surface area contributed by atoms with E-state index < -0.39 is 0 Å². The van der Waals surface area contributed by atoms with Crippen LogP contribution in [0.5, 0.6) is 0 Å². The molecule has 2 aliphatic rings. The largest absolute Gasteiger partial charge is 0.349 e. The minimum absolute atomic E-state index is 0.0580. The number of hydrogen-bond donors (Lipinski definition) is 1. The van der Waals surface area contributed by atoms with Crippen LogP contribution in [-0.4, -0.2) is 11.9 Å². The van der Waals surface area contributed by atoms with E-state index in [9.17, 15) is 4.79 Å². The molecule has 2 bridgehead atoms. The Hall–Kier alpha value is -1.82. The van der Waals surface area contributed by atoms with Gasteiger partial charge in [0, 0.05) is 11.6 Å². The van der Waals surface area contributed by atoms with Crippen LogP contribution < -0.4 is 5.32 Å². The fourth-order valence-corrected chi connectivity index (χ4v) is 4.03. The van der Waals surface area contributed by atoms with Gasteiger partial charge < -0.3 is 5.32 Å². The number of amides is 1. The van der Waals surface area contributed by atoms with E-state index in [1.54, 1.807) is 24.3 Å². The van der Waals surface area contributed by atoms with E-state index in [1.807, 2.05) is 0 Å². The van der Waals surface area contributed by atoms with Crippen molar-refractivity contribution in [3.05, 3.63) is 35.4 Å². The average molecular weight is 268 g/mol. The third-order valence-corrected chi connectivity index (χ3v) is 5.05. The van der Waals surface area contributed by atoms with Crippen LogP contribution in [0, 0.1) is 29.1 Å². The first kappa shape index (κ1) is 13.2. The van der Waals surface area contributed by atoms with Crippen LogP contribution in [0.4, 0.5) is 0 Å². The Labute approximate surface area is 120 Å². The van der Waals surface area contributed by atoms with Crippen LogP contribution in [-0.2, 0) is 0 Å². The van der Waals surface area contributed by atoms with Gasteiger partial charge >= 0.3 is 0 Å². The fraction of sp³-hybridized carbons (Fsp3) is 0.529. The van der Waals surface area contributed by atoms with Crippen LogP contribution in [0.3, 0.4) is 0 Å². The van der Waals surface area contributed by atoms with Crippen molar-refractivity contribution in [3.63, 3.8) is 0 Å². The molecule has 4 atom stereocenters. The molecule has 0 aliphatic heterocycles. The average Bonchev–Trinajstić information content (AvgIpc) is 3.10. The Bertz CT molecular complexity index is 560. The molecule has 0 spiro atoms. The summed E-state index contributed by atoms with van der Waals surface area (Å²) in [5, 5.41) is 12.0. The van der Waals surface area contributed by atoms with Gasteiger partial charge in [0.2, 0.25) is 0 Å². The van der Waals surface area contributed by atoms with Crippen molar-refractivity contribution in [1.29, 1.82) is 5.26 Å². The molecule has 0 heterocycles. The van der Waals surface area contributed by atoms with Crippen molar-refractivity contribution in [1.82, 2.24) is 5.32 Å². The lowest BCUT2D eigenvalue weighted by Gasteiger charge is -2.28. The molecule has 3 heteroatoms. The van der Waals surface area contributed by atoms with E-state index in [-0.39, 0.29) is 11.9 Å². The maximum absolute atomic E-state index is 12.3. The normalized spacial score (nSPS) is 28.9. The fourth-order valence-electron chi connectivity index (χ4n) is 4.03. The summed E-state index contributed by atoms with van der Waals surface area (Å²) in [5.41, 5.74) is 1.12. The van der Waals surface area contributed by atoms with Crippen LogP contribution in [0.2, 0.25) is 0 Å². The van der Waals surface area contributed by atoms with E-state index in [1.165, 1.54) is 25.7 Å². The molecule has 2 saturated carbocycles. The van der Waals surface area contributed by atoms with Gasteiger partial charge in [-0.05, 0) is 62.1 Å². The van der Waals surface area contributed by atoms with Crippen molar-refractivity contribution in [2.75, 3.05) is 0 Å². The van der Waals surface area contributed by atoms with E-state index >= 15 is 0 Å². The quantitative estimate of drug-likeness (QED) is 0.915. The summed E-state index contributed by atoms with van der Waals surface area (Å²) in [6, 6.07) is 9.20. The third-order valence-electron chi connectivity index (χ3n) is 5.05. The van der Waals surface area contributed by atoms with Gasteiger partial charge in [-0.25, -0.2) is 0 Å². The molecule has 2 fully saturated rings. The lowest BCUT2D eigenvalue weighted by Crippen LogP contribution is -2.40. The molecule has 3 rings (SSSR count). The minimum Gasteiger partial charge on any atom is -0.349 e. The molecule has 0 aromatic heterocycles. The predicted octanol–water partition coefficient (Wildman–Crippen LogP) is 3.11. The van der Waals surface area contributed by atoms with Gasteiger partial charge in [-0.15, -0.1) is 0 Å². The molecular weight excluding hydrogens is 248 g/mol. The molecule has 1 N–H and O–H groups in total. The van der Waals surface area contributed by atoms with Crippen molar-refractivity contribution < 1.29 is 4.79 Å². The highest BCUT2D eigenvalue weighted by molar-refractivity contribution is 5.94. The molecule has 104 valence electrons. The number of nitrogens with one attached hydrogen (secondary N) is 1. The molecule has 0 saturated heterocycles. The second-order valence-corrected chi connectivity index (χ2v) is 6.29. The van der Waals surface area contributed by atoms with E-state index in [0.29, 0.717) is 17.0 Å². The first-order valence-electron chi connectivity index (χ1n) is 7.48. The van der Waals surface area contributed by atoms with Gasteiger partial charge in [0.25, 0.3) is 5.91 Å². The highest BCUT2D eigenvalue weighted by atomic mass is 16.1. The van der Waals surface area contributed by atoms with Crippen molar-refractivity contribution in [2.45, 2.75) is 38.6 Å². The van der Waals surface area contributed by atoms with Gasteiger partial charge in [0.15, 0.2) is 0 Å². The highest BCUT2D eigenvalue weighted by Gasteiger charge is 2.42. The summed E-state index contributed by atoms with van der Waals surface area (Å²) in [5.74, 6) is 2.28. The van der Waals surface area contributed by atoms with Crippen molar-refractivity contribution in [2.24, 2.45) is 17.8 Å². The molecule has 1 aromatic carbocycles. The van der Waals surface area contributed by atoms with Crippen molar-refractivity contribution in [3.8, 4) is 6.07 Å². The maximum atomic E-state index is 12.3. The zero-order valence-corrected chi connectivity index (χ0v) is 11.8. The summed E-state index contributed by atoms with van der Waals surface area (Å²) in [7, 11) is 0. The van der Waals surface area contributed by atoms with E-state index in [0.717, 1.165) is 11.8 Å². The van der Waals surface area contributed by atoms with Crippen molar-refractivity contribution >= 4 is 5.91 Å². The number of benzene rings is 1. The van der Waals surface area contributed by atoms with Gasteiger partial charge in [-0.1, -0.05) is 12.5 Å². The van der Waals surface area contributed by atoms with Crippen LogP contribution in [0.25, 0.3) is 0 Å². The summed E-state index contributed by atoms with van der Waals surface area (Å²) < 4.78 is 0. The number of nitriles is 1. The summed E-state index contributed by atoms with van der Waals surface area (Å²) in [6.07, 6.45) is 5.34. The molecule has 0 radical (unpaired) electrons. The molecular formula is C17H20N2O. The zero-order valence-electron chi connectivity index (χ0n) is 11.8. The molecule has 1 aromatic rings. The Balaban J connectivity index is 1.65. The van der Waals surface area contributed by atoms with Gasteiger partial charge in [0.05, 0.1) is 11.6 Å². The smallest absolute Gasteiger partial charge is 0.251 e. The maximum Gasteiger partial charge on any atom is 0.251 e. The van der Waals surface area contributed by atoms with Crippen LogP contribution in [0.15, 0.2) is 24.3 Å². The van der Waals surface area contributed by atoms with E-state index in [2.05, 4.69) is 18.3 Å². The highest BCUT2D eigenvalue weighted by Crippen LogP contribution is 2.49. The first-order chi connectivity index (χ1) is 9.67. The molecule has 2 aliphatic carbocycles. The lowest BCUT2D eigenvalue weighted by atomic mass is 9.84. The topological polar surface area (TPSA) is 52.9 Å².